The zero-order chi connectivity index (χ0) is 50.8. The molecule has 68 heavy (non-hydrogen) atoms. The average molecular weight is 998 g/mol. The molecule has 1 amide bonds. The number of nitrogens with one attached hydrogen (secondary N) is 2. The number of benzene rings is 1. The van der Waals surface area contributed by atoms with Crippen LogP contribution in [0.1, 0.15) is 88.7 Å². The highest BCUT2D eigenvalue weighted by Crippen LogP contribution is 2.35. The first-order chi connectivity index (χ1) is 32.1. The summed E-state index contributed by atoms with van der Waals surface area (Å²) in [4.78, 5) is 69.3. The van der Waals surface area contributed by atoms with Crippen molar-refractivity contribution in [3.05, 3.63) is 93.7 Å². The van der Waals surface area contributed by atoms with E-state index in [9.17, 15) is 45.6 Å². The van der Waals surface area contributed by atoms with Crippen molar-refractivity contribution >= 4 is 44.0 Å². The van der Waals surface area contributed by atoms with Crippen LogP contribution in [-0.2, 0) is 44.5 Å². The number of anilines is 3. The summed E-state index contributed by atoms with van der Waals surface area (Å²) in [5.74, 6) is -0.860. The van der Waals surface area contributed by atoms with Gasteiger partial charge in [0.1, 0.15) is 17.7 Å². The Hall–Kier alpha value is -6.26. The maximum Gasteiger partial charge on any atom is 0.451 e. The molecular weight excluding hydrogens is 944 g/mol. The van der Waals surface area contributed by atoms with Crippen molar-refractivity contribution in [2.24, 2.45) is 5.92 Å². The molecule has 0 unspecified atom stereocenters. The van der Waals surface area contributed by atoms with Crippen molar-refractivity contribution in [1.82, 2.24) is 15.3 Å². The molecule has 3 heterocycles. The fourth-order valence-electron chi connectivity index (χ4n) is 7.20. The number of halogens is 3. The van der Waals surface area contributed by atoms with E-state index in [-0.39, 0.29) is 34.8 Å². The number of amides is 1. The van der Waals surface area contributed by atoms with Gasteiger partial charge in [0.15, 0.2) is 0 Å². The minimum absolute atomic E-state index is 0.0735. The third-order valence-electron chi connectivity index (χ3n) is 10.6. The second-order valence-electron chi connectivity index (χ2n) is 15.3. The number of hydrogen-bond donors (Lipinski definition) is 3. The van der Waals surface area contributed by atoms with E-state index in [4.69, 9.17) is 31.9 Å². The Balaban J connectivity index is 0.000000436. The van der Waals surface area contributed by atoms with Gasteiger partial charge in [-0.25, -0.2) is 9.97 Å². The van der Waals surface area contributed by atoms with Gasteiger partial charge in [-0.05, 0) is 95.8 Å². The highest BCUT2D eigenvalue weighted by Gasteiger charge is 2.40. The summed E-state index contributed by atoms with van der Waals surface area (Å²) in [5, 5.41) is 14.8. The Labute approximate surface area is 391 Å². The van der Waals surface area contributed by atoms with Gasteiger partial charge >= 0.3 is 16.8 Å². The van der Waals surface area contributed by atoms with E-state index in [1.807, 2.05) is 24.0 Å². The Morgan fingerprint density at radius 3 is 1.91 bits per heavy atom. The zero-order valence-electron chi connectivity index (χ0n) is 37.9. The number of hydrogen-bond acceptors (Lipinski definition) is 18. The molecule has 0 aliphatic carbocycles. The summed E-state index contributed by atoms with van der Waals surface area (Å²) < 4.78 is 104. The van der Waals surface area contributed by atoms with E-state index in [1.165, 1.54) is 0 Å². The molecule has 20 nitrogen and oxygen atoms in total. The minimum atomic E-state index is -4.74. The summed E-state index contributed by atoms with van der Waals surface area (Å²) in [6, 6.07) is 10.0. The van der Waals surface area contributed by atoms with Gasteiger partial charge < -0.3 is 29.9 Å². The lowest BCUT2D eigenvalue weighted by Gasteiger charge is -2.41. The highest BCUT2D eigenvalue weighted by atomic mass is 32.2. The minimum Gasteiger partial charge on any atom is -0.486 e. The summed E-state index contributed by atoms with van der Waals surface area (Å²) in [6.45, 7) is 10.2. The lowest BCUT2D eigenvalue weighted by Crippen LogP contribution is -2.57. The largest absolute Gasteiger partial charge is 0.486 e. The normalized spacial score (nSPS) is 14.7. The number of carbonyl (C=O) groups is 1. The first-order valence-electron chi connectivity index (χ1n) is 21.7. The smallest absolute Gasteiger partial charge is 0.451 e. The summed E-state index contributed by atoms with van der Waals surface area (Å²) in [6.07, 6.45) is 0.474. The molecule has 1 atom stereocenters. The number of ether oxygens (including phenoxy) is 2. The van der Waals surface area contributed by atoms with Crippen molar-refractivity contribution in [3.8, 4) is 17.6 Å². The van der Waals surface area contributed by atoms with Crippen LogP contribution in [0.4, 0.5) is 30.5 Å². The van der Waals surface area contributed by atoms with E-state index in [0.29, 0.717) is 94.4 Å². The van der Waals surface area contributed by atoms with Crippen LogP contribution in [0.3, 0.4) is 0 Å². The van der Waals surface area contributed by atoms with Crippen molar-refractivity contribution in [2.45, 2.75) is 91.3 Å². The van der Waals surface area contributed by atoms with Gasteiger partial charge in [-0.2, -0.15) is 26.9 Å². The van der Waals surface area contributed by atoms with Gasteiger partial charge in [-0.1, -0.05) is 19.1 Å². The second kappa shape index (κ2) is 26.3. The molecule has 3 N–H and O–H groups in total. The number of nitriles is 1. The summed E-state index contributed by atoms with van der Waals surface area (Å²) in [7, 11) is -6.79. The number of alkyl halides is 3. The van der Waals surface area contributed by atoms with E-state index in [0.717, 1.165) is 31.2 Å². The van der Waals surface area contributed by atoms with Gasteiger partial charge in [0.2, 0.25) is 34.1 Å². The van der Waals surface area contributed by atoms with Gasteiger partial charge in [-0.3, -0.25) is 28.5 Å². The van der Waals surface area contributed by atoms with Crippen LogP contribution in [0.25, 0.3) is 0 Å². The van der Waals surface area contributed by atoms with E-state index < -0.39 is 60.5 Å². The molecule has 2 aliphatic heterocycles. The maximum atomic E-state index is 13.8. The van der Waals surface area contributed by atoms with Gasteiger partial charge in [0.25, 0.3) is 21.0 Å². The molecule has 6 rings (SSSR count). The molecule has 372 valence electrons. The molecule has 0 spiro atoms. The van der Waals surface area contributed by atoms with E-state index >= 15 is 0 Å². The SMILES string of the molecule is CCCS(=O)(=O)O.CCNc1c(CCCC2CCN(c3cc(N4CC[C@H]4C(=O)NCCc4ccc(C#N)cc4)nc(C(F)(F)F)n3)CC2)c(=O)c1=O.CCOc1c(OCC)c(=O)c1=O.O=S(=O)=O. The van der Waals surface area contributed by atoms with Crippen LogP contribution >= 0.6 is 0 Å². The lowest BCUT2D eigenvalue weighted by molar-refractivity contribution is -0.144. The van der Waals surface area contributed by atoms with Crippen molar-refractivity contribution in [3.63, 3.8) is 0 Å². The third-order valence-corrected chi connectivity index (χ3v) is 11.5. The average Bonchev–Trinajstić information content (AvgIpc) is 3.27. The lowest BCUT2D eigenvalue weighted by atomic mass is 9.90. The monoisotopic (exact) mass is 997 g/mol. The molecule has 25 heteroatoms. The van der Waals surface area contributed by atoms with Gasteiger partial charge in [0, 0.05) is 44.4 Å². The Morgan fingerprint density at radius 1 is 0.882 bits per heavy atom. The molecule has 0 bridgehead atoms. The molecule has 2 saturated heterocycles. The maximum absolute atomic E-state index is 13.8. The molecule has 0 radical (unpaired) electrons. The first-order valence-corrected chi connectivity index (χ1v) is 24.3. The predicted octanol–water partition coefficient (Wildman–Crippen LogP) is 2.93. The van der Waals surface area contributed by atoms with Gasteiger partial charge in [-0.15, -0.1) is 12.6 Å². The quantitative estimate of drug-likeness (QED) is 0.0954. The predicted molar refractivity (Wildman–Crippen MR) is 244 cm³/mol. The fraction of sp³-hybridized carbons (Fsp3) is 0.535. The molecule has 4 aromatic rings. The molecule has 2 fully saturated rings. The second-order valence-corrected chi connectivity index (χ2v) is 17.3. The van der Waals surface area contributed by atoms with Crippen molar-refractivity contribution in [2.75, 3.05) is 66.8 Å². The Morgan fingerprint density at radius 2 is 1.46 bits per heavy atom. The molecule has 1 aromatic heterocycles. The topological polar surface area (TPSA) is 289 Å². The molecule has 2 aliphatic rings. The third kappa shape index (κ3) is 16.5. The van der Waals surface area contributed by atoms with Crippen molar-refractivity contribution < 1.29 is 53.0 Å². The van der Waals surface area contributed by atoms with Crippen LogP contribution in [0.15, 0.2) is 49.5 Å². The van der Waals surface area contributed by atoms with Crippen molar-refractivity contribution in [1.29, 1.82) is 5.26 Å². The van der Waals surface area contributed by atoms with Crippen LogP contribution in [0.2, 0.25) is 0 Å². The van der Waals surface area contributed by atoms with E-state index in [2.05, 4.69) is 26.7 Å². The standard InChI is InChI=1S/C32H36F3N7O3.C8H10O4.C3H8O3S.O3S/c1-2-37-27-23(28(43)29(27)44)5-3-4-20-11-15-41(16-12-20)25-18-26(40-31(39-25)32(33,34)35)42-17-13-24(42)30(45)38-14-10-21-6-8-22(19-36)9-7-21;1-3-11-7-5(9)6(10)8(7)12-4-2;1-2-3-7(4,5)6;1-4(2)3/h6-9,18,20,24,37H,2-5,10-17H2,1H3,(H,38,45);3-4H2,1-2H3;2-3H2,1H3,(H,4,5,6);/t24-;;;/m0.../s1. The number of rotatable bonds is 18. The fourth-order valence-corrected chi connectivity index (χ4v) is 7.72. The first kappa shape index (κ1) is 56.1. The van der Waals surface area contributed by atoms with Crippen LogP contribution in [0, 0.1) is 17.2 Å². The van der Waals surface area contributed by atoms with E-state index in [1.54, 1.807) is 43.9 Å². The number of aromatic nitrogens is 2. The Kier molecular flexibility index (Phi) is 21.7. The number of nitrogens with zero attached hydrogens (tertiary/aromatic N) is 5. The van der Waals surface area contributed by atoms with Crippen LogP contribution in [0.5, 0.6) is 11.5 Å². The molecule has 0 saturated carbocycles. The number of carbonyl (C=O) groups excluding carboxylic acids is 1. The zero-order valence-corrected chi connectivity index (χ0v) is 39.5. The van der Waals surface area contributed by atoms with Gasteiger partial charge in [0.05, 0.1) is 36.3 Å². The molecule has 3 aromatic carbocycles. The summed E-state index contributed by atoms with van der Waals surface area (Å²) >= 11 is 0. The number of piperidine rings is 1. The summed E-state index contributed by atoms with van der Waals surface area (Å²) in [5.41, 5.74) is 0.478. The highest BCUT2D eigenvalue weighted by molar-refractivity contribution is 7.85. The van der Waals surface area contributed by atoms with Crippen LogP contribution < -0.4 is 51.6 Å². The van der Waals surface area contributed by atoms with Crippen LogP contribution in [-0.4, -0.2) is 99.2 Å². The molecular formula is C43H54F3N7O13S2. The Bertz CT molecular complexity index is 2690.